The van der Waals surface area contributed by atoms with Crippen LogP contribution < -0.4 is 10.2 Å². The summed E-state index contributed by atoms with van der Waals surface area (Å²) in [6, 6.07) is 12.4. The third-order valence-corrected chi connectivity index (χ3v) is 5.27. The number of benzene rings is 1. The molecule has 5 heteroatoms. The summed E-state index contributed by atoms with van der Waals surface area (Å²) in [7, 11) is 0. The Balaban J connectivity index is 1.68. The number of carbonyl (C=O) groups excluding carboxylic acids is 1. The monoisotopic (exact) mass is 357 g/mol. The van der Waals surface area contributed by atoms with Gasteiger partial charge in [-0.1, -0.05) is 35.9 Å². The lowest BCUT2D eigenvalue weighted by molar-refractivity contribution is -0.909. The maximum Gasteiger partial charge on any atom is 0.244 e. The van der Waals surface area contributed by atoms with Gasteiger partial charge in [0.1, 0.15) is 25.7 Å². The van der Waals surface area contributed by atoms with Crippen LogP contribution in [0.3, 0.4) is 0 Å². The number of hydrogen-bond acceptors (Lipinski definition) is 3. The van der Waals surface area contributed by atoms with E-state index in [-0.39, 0.29) is 11.9 Å². The fourth-order valence-electron chi connectivity index (χ4n) is 2.97. The Bertz CT molecular complexity index is 689. The van der Waals surface area contributed by atoms with E-state index in [9.17, 15) is 4.79 Å². The molecule has 0 radical (unpaired) electrons. The highest BCUT2D eigenvalue weighted by molar-refractivity contribution is 7.10. The minimum Gasteiger partial charge on any atom is -0.370 e. The van der Waals surface area contributed by atoms with Crippen LogP contribution in [0.5, 0.6) is 0 Å². The Morgan fingerprint density at radius 3 is 2.72 bits per heavy atom. The lowest BCUT2D eigenvalue weighted by Gasteiger charge is -2.28. The van der Waals surface area contributed by atoms with E-state index in [4.69, 9.17) is 4.74 Å². The molecule has 1 amide bonds. The third kappa shape index (κ3) is 5.53. The van der Waals surface area contributed by atoms with E-state index in [0.717, 1.165) is 43.3 Å². The number of morpholine rings is 1. The van der Waals surface area contributed by atoms with Gasteiger partial charge < -0.3 is 15.0 Å². The fraction of sp³-hybridized carbons (Fsp3) is 0.350. The highest BCUT2D eigenvalue weighted by atomic mass is 32.1. The SMILES string of the molecule is Cc1ccc([C@@H](C[NH+]2CCOCC2)NC(=O)/C=C/c2cccs2)cc1. The number of amides is 1. The van der Waals surface area contributed by atoms with Crippen LogP contribution in [-0.2, 0) is 9.53 Å². The molecule has 25 heavy (non-hydrogen) atoms. The number of ether oxygens (including phenoxy) is 1. The first-order valence-electron chi connectivity index (χ1n) is 8.70. The largest absolute Gasteiger partial charge is 0.370 e. The van der Waals surface area contributed by atoms with Crippen molar-refractivity contribution in [1.29, 1.82) is 0 Å². The summed E-state index contributed by atoms with van der Waals surface area (Å²) < 4.78 is 5.45. The molecule has 1 fully saturated rings. The van der Waals surface area contributed by atoms with Crippen LogP contribution in [-0.4, -0.2) is 38.8 Å². The van der Waals surface area contributed by atoms with Gasteiger partial charge >= 0.3 is 0 Å². The zero-order chi connectivity index (χ0) is 17.5. The van der Waals surface area contributed by atoms with Crippen molar-refractivity contribution < 1.29 is 14.4 Å². The molecule has 2 N–H and O–H groups in total. The third-order valence-electron chi connectivity index (χ3n) is 4.43. The van der Waals surface area contributed by atoms with Gasteiger partial charge in [-0.15, -0.1) is 11.3 Å². The number of carbonyl (C=O) groups is 1. The minimum atomic E-state index is -0.0494. The summed E-state index contributed by atoms with van der Waals surface area (Å²) in [5.41, 5.74) is 2.38. The van der Waals surface area contributed by atoms with Crippen LogP contribution in [0, 0.1) is 6.92 Å². The van der Waals surface area contributed by atoms with Crippen LogP contribution in [0.1, 0.15) is 22.0 Å². The maximum atomic E-state index is 12.4. The molecule has 1 saturated heterocycles. The molecule has 1 atom stereocenters. The minimum absolute atomic E-state index is 0.00851. The molecule has 0 spiro atoms. The second kappa shape index (κ2) is 8.94. The Hall–Kier alpha value is -1.95. The predicted molar refractivity (Wildman–Crippen MR) is 102 cm³/mol. The first-order chi connectivity index (χ1) is 12.2. The molecule has 0 unspecified atom stereocenters. The smallest absolute Gasteiger partial charge is 0.244 e. The van der Waals surface area contributed by atoms with Crippen molar-refractivity contribution in [3.05, 3.63) is 63.9 Å². The van der Waals surface area contributed by atoms with Gasteiger partial charge in [0.2, 0.25) is 5.91 Å². The maximum absolute atomic E-state index is 12.4. The zero-order valence-corrected chi connectivity index (χ0v) is 15.4. The normalized spacial score (nSPS) is 16.8. The van der Waals surface area contributed by atoms with Gasteiger partial charge in [0.25, 0.3) is 0 Å². The van der Waals surface area contributed by atoms with Crippen molar-refractivity contribution in [2.24, 2.45) is 0 Å². The lowest BCUT2D eigenvalue weighted by Crippen LogP contribution is -3.14. The topological polar surface area (TPSA) is 42.8 Å². The number of quaternary nitrogens is 1. The van der Waals surface area contributed by atoms with E-state index in [1.165, 1.54) is 10.5 Å². The van der Waals surface area contributed by atoms with E-state index in [2.05, 4.69) is 36.5 Å². The summed E-state index contributed by atoms with van der Waals surface area (Å²) in [5, 5.41) is 5.19. The Morgan fingerprint density at radius 1 is 1.28 bits per heavy atom. The molecule has 4 nitrogen and oxygen atoms in total. The second-order valence-electron chi connectivity index (χ2n) is 6.39. The predicted octanol–water partition coefficient (Wildman–Crippen LogP) is 1.84. The van der Waals surface area contributed by atoms with E-state index < -0.39 is 0 Å². The van der Waals surface area contributed by atoms with Gasteiger partial charge in [-0.05, 0) is 30.0 Å². The second-order valence-corrected chi connectivity index (χ2v) is 7.37. The number of rotatable bonds is 6. The van der Waals surface area contributed by atoms with Gasteiger partial charge in [-0.25, -0.2) is 0 Å². The van der Waals surface area contributed by atoms with Gasteiger partial charge in [0.15, 0.2) is 0 Å². The highest BCUT2D eigenvalue weighted by Crippen LogP contribution is 2.14. The number of hydrogen-bond donors (Lipinski definition) is 2. The molecule has 2 heterocycles. The Morgan fingerprint density at radius 2 is 2.04 bits per heavy atom. The van der Waals surface area contributed by atoms with Gasteiger partial charge in [0, 0.05) is 11.0 Å². The molecule has 1 aliphatic rings. The van der Waals surface area contributed by atoms with Crippen molar-refractivity contribution in [1.82, 2.24) is 5.32 Å². The summed E-state index contributed by atoms with van der Waals surface area (Å²) in [6.45, 7) is 6.52. The van der Waals surface area contributed by atoms with Crippen molar-refractivity contribution in [3.8, 4) is 0 Å². The zero-order valence-electron chi connectivity index (χ0n) is 14.5. The molecule has 0 aliphatic carbocycles. The summed E-state index contributed by atoms with van der Waals surface area (Å²) >= 11 is 1.63. The molecular formula is C20H25N2O2S+. The molecule has 1 aromatic heterocycles. The van der Waals surface area contributed by atoms with Crippen LogP contribution in [0.2, 0.25) is 0 Å². The van der Waals surface area contributed by atoms with Crippen molar-refractivity contribution in [2.45, 2.75) is 13.0 Å². The molecule has 0 saturated carbocycles. The molecule has 0 bridgehead atoms. The molecular weight excluding hydrogens is 332 g/mol. The first-order valence-corrected chi connectivity index (χ1v) is 9.58. The molecule has 2 aromatic rings. The van der Waals surface area contributed by atoms with E-state index in [1.54, 1.807) is 17.4 Å². The summed E-state index contributed by atoms with van der Waals surface area (Å²) in [5.74, 6) is -0.0494. The summed E-state index contributed by atoms with van der Waals surface area (Å²) in [4.78, 5) is 15.0. The average Bonchev–Trinajstić information content (AvgIpc) is 3.15. The van der Waals surface area contributed by atoms with Crippen molar-refractivity contribution in [2.75, 3.05) is 32.8 Å². The molecule has 1 aliphatic heterocycles. The van der Waals surface area contributed by atoms with Gasteiger partial charge in [0.05, 0.1) is 13.2 Å². The highest BCUT2D eigenvalue weighted by Gasteiger charge is 2.22. The van der Waals surface area contributed by atoms with Crippen LogP contribution in [0.4, 0.5) is 0 Å². The molecule has 3 rings (SSSR count). The van der Waals surface area contributed by atoms with Crippen molar-refractivity contribution >= 4 is 23.3 Å². The van der Waals surface area contributed by atoms with Crippen LogP contribution in [0.25, 0.3) is 6.08 Å². The van der Waals surface area contributed by atoms with Crippen LogP contribution >= 0.6 is 11.3 Å². The number of thiophene rings is 1. The Kier molecular flexibility index (Phi) is 6.39. The van der Waals surface area contributed by atoms with E-state index >= 15 is 0 Å². The average molecular weight is 357 g/mol. The van der Waals surface area contributed by atoms with Crippen molar-refractivity contribution in [3.63, 3.8) is 0 Å². The molecule has 1 aromatic carbocycles. The van der Waals surface area contributed by atoms with Crippen LogP contribution in [0.15, 0.2) is 47.9 Å². The lowest BCUT2D eigenvalue weighted by atomic mass is 10.0. The Labute approximate surface area is 153 Å². The standard InChI is InChI=1S/C20H24N2O2S/c1-16-4-6-17(7-5-16)19(15-22-10-12-24-13-11-22)21-20(23)9-8-18-3-2-14-25-18/h2-9,14,19H,10-13,15H2,1H3,(H,21,23)/p+1/b9-8+/t19-/m1/s1. The van der Waals surface area contributed by atoms with Gasteiger partial charge in [-0.3, -0.25) is 4.79 Å². The number of aryl methyl sites for hydroxylation is 1. The first kappa shape index (κ1) is 17.9. The molecule has 132 valence electrons. The summed E-state index contributed by atoms with van der Waals surface area (Å²) in [6.07, 6.45) is 3.50. The van der Waals surface area contributed by atoms with E-state index in [1.807, 2.05) is 23.6 Å². The van der Waals surface area contributed by atoms with E-state index in [0.29, 0.717) is 0 Å². The quantitative estimate of drug-likeness (QED) is 0.775. The fourth-order valence-corrected chi connectivity index (χ4v) is 3.59. The van der Waals surface area contributed by atoms with Gasteiger partial charge in [-0.2, -0.15) is 0 Å². The number of nitrogens with one attached hydrogen (secondary N) is 2.